The Labute approximate surface area is 178 Å². The van der Waals surface area contributed by atoms with Crippen molar-refractivity contribution in [1.29, 1.82) is 0 Å². The SMILES string of the molecule is C[C@H](CCCCCC#CCO)O[Si](c1ccccc1)(c1ccccc1)C(C)(C)C. The van der Waals surface area contributed by atoms with E-state index in [-0.39, 0.29) is 17.7 Å². The third kappa shape index (κ3) is 6.31. The van der Waals surface area contributed by atoms with Crippen LogP contribution in [0, 0.1) is 11.8 Å². The second kappa shape index (κ2) is 11.4. The Kier molecular flexibility index (Phi) is 9.17. The molecule has 2 aromatic rings. The summed E-state index contributed by atoms with van der Waals surface area (Å²) in [4.78, 5) is 0. The zero-order chi connectivity index (χ0) is 21.2. The maximum atomic E-state index is 8.72. The summed E-state index contributed by atoms with van der Waals surface area (Å²) < 4.78 is 7.10. The topological polar surface area (TPSA) is 29.5 Å². The molecule has 1 atom stereocenters. The Morgan fingerprint density at radius 1 is 0.862 bits per heavy atom. The van der Waals surface area contributed by atoms with Crippen molar-refractivity contribution < 1.29 is 9.53 Å². The molecule has 0 aromatic heterocycles. The number of hydrogen-bond donors (Lipinski definition) is 1. The smallest absolute Gasteiger partial charge is 0.261 e. The molecule has 0 spiro atoms. The number of benzene rings is 2. The summed E-state index contributed by atoms with van der Waals surface area (Å²) in [6.45, 7) is 9.16. The molecular formula is C26H36O2Si. The highest BCUT2D eigenvalue weighted by atomic mass is 28.4. The van der Waals surface area contributed by atoms with Gasteiger partial charge in [-0.3, -0.25) is 0 Å². The highest BCUT2D eigenvalue weighted by Gasteiger charge is 2.50. The van der Waals surface area contributed by atoms with Gasteiger partial charge in [0.1, 0.15) is 6.61 Å². The summed E-state index contributed by atoms with van der Waals surface area (Å²) in [5, 5.41) is 11.4. The van der Waals surface area contributed by atoms with Gasteiger partial charge in [-0.2, -0.15) is 0 Å². The van der Waals surface area contributed by atoms with Crippen LogP contribution >= 0.6 is 0 Å². The zero-order valence-corrected chi connectivity index (χ0v) is 19.4. The van der Waals surface area contributed by atoms with Crippen molar-refractivity contribution in [3.05, 3.63) is 60.7 Å². The zero-order valence-electron chi connectivity index (χ0n) is 18.4. The monoisotopic (exact) mass is 408 g/mol. The molecule has 0 fully saturated rings. The molecule has 2 rings (SSSR count). The van der Waals surface area contributed by atoms with Crippen molar-refractivity contribution in [3.63, 3.8) is 0 Å². The van der Waals surface area contributed by atoms with Crippen LogP contribution in [0.5, 0.6) is 0 Å². The van der Waals surface area contributed by atoms with Crippen LogP contribution in [0.2, 0.25) is 5.04 Å². The predicted molar refractivity (Wildman–Crippen MR) is 126 cm³/mol. The first-order valence-electron chi connectivity index (χ1n) is 10.8. The summed E-state index contributed by atoms with van der Waals surface area (Å²) in [5.41, 5.74) is 0. The number of rotatable bonds is 9. The average molecular weight is 409 g/mol. The van der Waals surface area contributed by atoms with Crippen LogP contribution in [0.25, 0.3) is 0 Å². The maximum absolute atomic E-state index is 8.72. The lowest BCUT2D eigenvalue weighted by Gasteiger charge is -2.44. The van der Waals surface area contributed by atoms with E-state index >= 15 is 0 Å². The lowest BCUT2D eigenvalue weighted by atomic mass is 10.1. The molecule has 2 nitrogen and oxygen atoms in total. The lowest BCUT2D eigenvalue weighted by Crippen LogP contribution is -2.67. The number of aliphatic hydroxyl groups is 1. The predicted octanol–water partition coefficient (Wildman–Crippen LogP) is 4.90. The molecule has 0 saturated carbocycles. The normalized spacial score (nSPS) is 12.9. The van der Waals surface area contributed by atoms with Gasteiger partial charge in [-0.05, 0) is 35.2 Å². The highest BCUT2D eigenvalue weighted by molar-refractivity contribution is 6.99. The van der Waals surface area contributed by atoms with E-state index in [0.717, 1.165) is 32.1 Å². The van der Waals surface area contributed by atoms with Gasteiger partial charge < -0.3 is 9.53 Å². The van der Waals surface area contributed by atoms with Crippen molar-refractivity contribution in [2.24, 2.45) is 0 Å². The molecule has 1 N–H and O–H groups in total. The van der Waals surface area contributed by atoms with Gasteiger partial charge in [-0.15, -0.1) is 5.92 Å². The molecule has 0 bridgehead atoms. The maximum Gasteiger partial charge on any atom is 0.261 e. The van der Waals surface area contributed by atoms with E-state index in [0.29, 0.717) is 0 Å². The van der Waals surface area contributed by atoms with Gasteiger partial charge in [0.15, 0.2) is 0 Å². The molecule has 0 heterocycles. The quantitative estimate of drug-likeness (QED) is 0.363. The number of aliphatic hydroxyl groups excluding tert-OH is 1. The lowest BCUT2D eigenvalue weighted by molar-refractivity contribution is 0.192. The standard InChI is InChI=1S/C26H36O2Si/c1-23(17-11-7-5-6-8-16-22-27)28-29(26(2,3)4,24-18-12-9-13-19-24)25-20-14-10-15-21-25/h9-10,12-15,18-21,23,27H,5-7,11,17,22H2,1-4H3/t23-/m1/s1. The highest BCUT2D eigenvalue weighted by Crippen LogP contribution is 2.37. The van der Waals surface area contributed by atoms with Crippen molar-refractivity contribution >= 4 is 18.7 Å². The van der Waals surface area contributed by atoms with Crippen LogP contribution in [-0.4, -0.2) is 26.1 Å². The summed E-state index contributed by atoms with van der Waals surface area (Å²) in [5.74, 6) is 5.72. The number of hydrogen-bond acceptors (Lipinski definition) is 2. The molecular weight excluding hydrogens is 372 g/mol. The molecule has 0 saturated heterocycles. The number of unbranched alkanes of at least 4 members (excludes halogenated alkanes) is 3. The summed E-state index contributed by atoms with van der Waals surface area (Å²) in [7, 11) is -2.45. The second-order valence-corrected chi connectivity index (χ2v) is 13.0. The molecule has 0 unspecified atom stereocenters. The fourth-order valence-corrected chi connectivity index (χ4v) is 8.75. The van der Waals surface area contributed by atoms with Crippen molar-refractivity contribution in [1.82, 2.24) is 0 Å². The van der Waals surface area contributed by atoms with E-state index in [4.69, 9.17) is 9.53 Å². The van der Waals surface area contributed by atoms with E-state index in [2.05, 4.69) is 100 Å². The van der Waals surface area contributed by atoms with Crippen LogP contribution in [0.1, 0.15) is 59.8 Å². The third-order valence-corrected chi connectivity index (χ3v) is 10.6. The Balaban J connectivity index is 2.20. The largest absolute Gasteiger partial charge is 0.405 e. The molecule has 0 radical (unpaired) electrons. The fourth-order valence-electron chi connectivity index (χ4n) is 4.02. The van der Waals surface area contributed by atoms with Gasteiger partial charge in [0, 0.05) is 12.5 Å². The van der Waals surface area contributed by atoms with E-state index in [1.807, 2.05) is 0 Å². The first-order chi connectivity index (χ1) is 13.9. The average Bonchev–Trinajstić information content (AvgIpc) is 2.71. The second-order valence-electron chi connectivity index (χ2n) is 8.70. The Morgan fingerprint density at radius 3 is 1.90 bits per heavy atom. The van der Waals surface area contributed by atoms with Crippen LogP contribution < -0.4 is 10.4 Å². The molecule has 0 aliphatic rings. The van der Waals surface area contributed by atoms with Gasteiger partial charge in [-0.1, -0.05) is 100 Å². The van der Waals surface area contributed by atoms with E-state index in [9.17, 15) is 0 Å². The van der Waals surface area contributed by atoms with E-state index in [1.165, 1.54) is 10.4 Å². The third-order valence-electron chi connectivity index (χ3n) is 5.41. The molecule has 29 heavy (non-hydrogen) atoms. The minimum Gasteiger partial charge on any atom is -0.405 e. The van der Waals surface area contributed by atoms with Crippen LogP contribution in [0.4, 0.5) is 0 Å². The van der Waals surface area contributed by atoms with Crippen molar-refractivity contribution in [2.75, 3.05) is 6.61 Å². The van der Waals surface area contributed by atoms with Gasteiger partial charge >= 0.3 is 0 Å². The first kappa shape index (κ1) is 23.4. The van der Waals surface area contributed by atoms with Crippen LogP contribution in [0.15, 0.2) is 60.7 Å². The van der Waals surface area contributed by atoms with Crippen LogP contribution in [0.3, 0.4) is 0 Å². The molecule has 2 aromatic carbocycles. The summed E-state index contributed by atoms with van der Waals surface area (Å²) in [6.07, 6.45) is 5.49. The van der Waals surface area contributed by atoms with E-state index < -0.39 is 8.32 Å². The van der Waals surface area contributed by atoms with Crippen molar-refractivity contribution in [2.45, 2.75) is 70.9 Å². The summed E-state index contributed by atoms with van der Waals surface area (Å²) in [6, 6.07) is 21.7. The fraction of sp³-hybridized carbons (Fsp3) is 0.462. The van der Waals surface area contributed by atoms with Gasteiger partial charge in [0.2, 0.25) is 0 Å². The molecule has 0 aliphatic heterocycles. The van der Waals surface area contributed by atoms with Crippen molar-refractivity contribution in [3.8, 4) is 11.8 Å². The Morgan fingerprint density at radius 2 is 1.41 bits per heavy atom. The van der Waals surface area contributed by atoms with E-state index in [1.54, 1.807) is 0 Å². The molecule has 3 heteroatoms. The molecule has 0 aliphatic carbocycles. The minimum absolute atomic E-state index is 0.0177. The summed E-state index contributed by atoms with van der Waals surface area (Å²) >= 11 is 0. The van der Waals surface area contributed by atoms with Gasteiger partial charge in [-0.25, -0.2) is 0 Å². The van der Waals surface area contributed by atoms with Gasteiger partial charge in [0.05, 0.1) is 0 Å². The molecule has 156 valence electrons. The van der Waals surface area contributed by atoms with Crippen LogP contribution in [-0.2, 0) is 4.43 Å². The Hall–Kier alpha value is -1.86. The van der Waals surface area contributed by atoms with Gasteiger partial charge in [0.25, 0.3) is 8.32 Å². The first-order valence-corrected chi connectivity index (χ1v) is 12.7. The Bertz CT molecular complexity index is 730. The minimum atomic E-state index is -2.45. The molecule has 0 amide bonds.